The number of benzene rings is 1. The summed E-state index contributed by atoms with van der Waals surface area (Å²) in [7, 11) is 3.65. The molecule has 6 heteroatoms. The van der Waals surface area contributed by atoms with Crippen molar-refractivity contribution in [1.82, 2.24) is 14.7 Å². The molecule has 3 rings (SSSR count). The molecule has 1 aromatic carbocycles. The van der Waals surface area contributed by atoms with E-state index in [-0.39, 0.29) is 6.03 Å². The van der Waals surface area contributed by atoms with Crippen LogP contribution in [0.1, 0.15) is 21.5 Å². The minimum absolute atomic E-state index is 0.104. The molecule has 2 amide bonds. The van der Waals surface area contributed by atoms with Gasteiger partial charge in [-0.1, -0.05) is 0 Å². The van der Waals surface area contributed by atoms with Crippen LogP contribution in [0.5, 0.6) is 5.75 Å². The number of urea groups is 1. The van der Waals surface area contributed by atoms with E-state index in [1.165, 1.54) is 0 Å². The maximum atomic E-state index is 12.7. The van der Waals surface area contributed by atoms with Gasteiger partial charge >= 0.3 is 6.03 Å². The third kappa shape index (κ3) is 3.17. The zero-order chi connectivity index (χ0) is 16.4. The van der Waals surface area contributed by atoms with Crippen molar-refractivity contribution in [1.29, 1.82) is 0 Å². The smallest absolute Gasteiger partial charge is 0.320 e. The summed E-state index contributed by atoms with van der Waals surface area (Å²) in [5, 5.41) is 0. The summed E-state index contributed by atoms with van der Waals surface area (Å²) in [4.78, 5) is 29.9. The number of ether oxygens (including phenoxy) is 1. The molecule has 1 aromatic rings. The molecule has 2 aliphatic heterocycles. The highest BCUT2D eigenvalue weighted by Gasteiger charge is 2.27. The fourth-order valence-electron chi connectivity index (χ4n) is 3.24. The van der Waals surface area contributed by atoms with E-state index in [1.807, 2.05) is 21.9 Å². The first-order valence-electron chi connectivity index (χ1n) is 7.99. The molecule has 0 spiro atoms. The third-order valence-corrected chi connectivity index (χ3v) is 4.74. The molecule has 0 aromatic heterocycles. The summed E-state index contributed by atoms with van der Waals surface area (Å²) in [6.07, 6.45) is 1.60. The molecule has 0 N–H and O–H groups in total. The SMILES string of the molecule is COc1cc2c(cc1C=O)CN(C(=O)N1CCN(C)CC1)CC2. The summed E-state index contributed by atoms with van der Waals surface area (Å²) < 4.78 is 5.26. The second-order valence-corrected chi connectivity index (χ2v) is 6.23. The molecular weight excluding hydrogens is 294 g/mol. The molecule has 0 aliphatic carbocycles. The van der Waals surface area contributed by atoms with E-state index in [0.29, 0.717) is 24.4 Å². The van der Waals surface area contributed by atoms with Crippen LogP contribution in [-0.2, 0) is 13.0 Å². The second-order valence-electron chi connectivity index (χ2n) is 6.23. The standard InChI is InChI=1S/C17H23N3O3/c1-18-5-7-19(8-6-18)17(22)20-4-3-13-10-16(23-2)15(12-21)9-14(13)11-20/h9-10,12H,3-8,11H2,1-2H3. The van der Waals surface area contributed by atoms with Crippen LogP contribution in [0.3, 0.4) is 0 Å². The van der Waals surface area contributed by atoms with Gasteiger partial charge in [-0.15, -0.1) is 0 Å². The van der Waals surface area contributed by atoms with Crippen LogP contribution in [0.4, 0.5) is 4.79 Å². The average molecular weight is 317 g/mol. The lowest BCUT2D eigenvalue weighted by molar-refractivity contribution is 0.112. The molecule has 2 aliphatic rings. The predicted molar refractivity (Wildman–Crippen MR) is 87.0 cm³/mol. The van der Waals surface area contributed by atoms with Gasteiger partial charge in [-0.25, -0.2) is 4.79 Å². The normalized spacial score (nSPS) is 18.5. The minimum Gasteiger partial charge on any atom is -0.496 e. The largest absolute Gasteiger partial charge is 0.496 e. The van der Waals surface area contributed by atoms with Crippen molar-refractivity contribution in [3.05, 3.63) is 28.8 Å². The Balaban J connectivity index is 1.74. The Bertz CT molecular complexity index is 609. The number of piperazine rings is 1. The number of methoxy groups -OCH3 is 1. The monoisotopic (exact) mass is 317 g/mol. The summed E-state index contributed by atoms with van der Waals surface area (Å²) in [6, 6.07) is 3.88. The highest BCUT2D eigenvalue weighted by atomic mass is 16.5. The van der Waals surface area contributed by atoms with Crippen molar-refractivity contribution < 1.29 is 14.3 Å². The predicted octanol–water partition coefficient (Wildman–Crippen LogP) is 1.23. The third-order valence-electron chi connectivity index (χ3n) is 4.74. The number of aldehydes is 1. The number of fused-ring (bicyclic) bond motifs is 1. The van der Waals surface area contributed by atoms with Crippen LogP contribution < -0.4 is 4.74 Å². The molecule has 0 radical (unpaired) electrons. The van der Waals surface area contributed by atoms with Gasteiger partial charge in [-0.05, 0) is 36.7 Å². The molecule has 23 heavy (non-hydrogen) atoms. The van der Waals surface area contributed by atoms with Gasteiger partial charge in [0.1, 0.15) is 5.75 Å². The molecule has 0 bridgehead atoms. The summed E-state index contributed by atoms with van der Waals surface area (Å²) in [5.41, 5.74) is 2.75. The maximum Gasteiger partial charge on any atom is 0.320 e. The lowest BCUT2D eigenvalue weighted by atomic mass is 9.97. The van der Waals surface area contributed by atoms with Crippen LogP contribution in [-0.4, -0.2) is 73.9 Å². The summed E-state index contributed by atoms with van der Waals surface area (Å²) in [5.74, 6) is 0.609. The van der Waals surface area contributed by atoms with Gasteiger partial charge in [0.15, 0.2) is 6.29 Å². The molecule has 1 saturated heterocycles. The molecule has 124 valence electrons. The van der Waals surface area contributed by atoms with Crippen molar-refractivity contribution in [2.24, 2.45) is 0 Å². The Morgan fingerprint density at radius 3 is 2.48 bits per heavy atom. The zero-order valence-electron chi connectivity index (χ0n) is 13.7. The topological polar surface area (TPSA) is 53.1 Å². The first-order chi connectivity index (χ1) is 11.1. The Morgan fingerprint density at radius 1 is 1.09 bits per heavy atom. The van der Waals surface area contributed by atoms with E-state index in [2.05, 4.69) is 11.9 Å². The van der Waals surface area contributed by atoms with E-state index in [0.717, 1.165) is 50.0 Å². The number of nitrogens with zero attached hydrogens (tertiary/aromatic N) is 3. The van der Waals surface area contributed by atoms with Crippen LogP contribution in [0, 0.1) is 0 Å². The lowest BCUT2D eigenvalue weighted by Crippen LogP contribution is -2.52. The summed E-state index contributed by atoms with van der Waals surface area (Å²) >= 11 is 0. The average Bonchev–Trinajstić information content (AvgIpc) is 2.60. The molecule has 0 atom stereocenters. The number of rotatable bonds is 2. The fraction of sp³-hybridized carbons (Fsp3) is 0.529. The molecule has 0 unspecified atom stereocenters. The molecular formula is C17H23N3O3. The maximum absolute atomic E-state index is 12.7. The lowest BCUT2D eigenvalue weighted by Gasteiger charge is -2.38. The minimum atomic E-state index is 0.104. The van der Waals surface area contributed by atoms with E-state index < -0.39 is 0 Å². The number of hydrogen-bond acceptors (Lipinski definition) is 4. The number of hydrogen-bond donors (Lipinski definition) is 0. The number of amides is 2. The summed E-state index contributed by atoms with van der Waals surface area (Å²) in [6.45, 7) is 4.67. The quantitative estimate of drug-likeness (QED) is 0.770. The number of likely N-dealkylation sites (N-methyl/N-ethyl adjacent to an activating group) is 1. The number of carbonyl (C=O) groups is 2. The molecule has 6 nitrogen and oxygen atoms in total. The first kappa shape index (κ1) is 15.8. The van der Waals surface area contributed by atoms with Gasteiger partial charge in [0.25, 0.3) is 0 Å². The van der Waals surface area contributed by atoms with E-state index in [4.69, 9.17) is 4.74 Å². The highest BCUT2D eigenvalue weighted by Crippen LogP contribution is 2.27. The van der Waals surface area contributed by atoms with Crippen molar-refractivity contribution >= 4 is 12.3 Å². The van der Waals surface area contributed by atoms with Gasteiger partial charge < -0.3 is 19.4 Å². The Labute approximate surface area is 136 Å². The Kier molecular flexibility index (Phi) is 4.52. The van der Waals surface area contributed by atoms with Crippen LogP contribution in [0.25, 0.3) is 0 Å². The van der Waals surface area contributed by atoms with Crippen LogP contribution in [0.15, 0.2) is 12.1 Å². The van der Waals surface area contributed by atoms with Gasteiger partial charge in [0.2, 0.25) is 0 Å². The zero-order valence-corrected chi connectivity index (χ0v) is 13.7. The van der Waals surface area contributed by atoms with Crippen molar-refractivity contribution in [3.8, 4) is 5.75 Å². The van der Waals surface area contributed by atoms with Crippen LogP contribution >= 0.6 is 0 Å². The van der Waals surface area contributed by atoms with Gasteiger partial charge in [0, 0.05) is 39.3 Å². The molecule has 1 fully saturated rings. The van der Waals surface area contributed by atoms with E-state index in [9.17, 15) is 9.59 Å². The first-order valence-corrected chi connectivity index (χ1v) is 7.99. The number of carbonyl (C=O) groups excluding carboxylic acids is 2. The molecule has 0 saturated carbocycles. The Morgan fingerprint density at radius 2 is 1.83 bits per heavy atom. The van der Waals surface area contributed by atoms with Gasteiger partial charge in [0.05, 0.1) is 12.7 Å². The Hall–Kier alpha value is -2.08. The highest BCUT2D eigenvalue weighted by molar-refractivity contribution is 5.80. The van der Waals surface area contributed by atoms with E-state index in [1.54, 1.807) is 7.11 Å². The van der Waals surface area contributed by atoms with Crippen molar-refractivity contribution in [3.63, 3.8) is 0 Å². The second kappa shape index (κ2) is 6.58. The van der Waals surface area contributed by atoms with Crippen LogP contribution in [0.2, 0.25) is 0 Å². The van der Waals surface area contributed by atoms with Gasteiger partial charge in [-0.3, -0.25) is 4.79 Å². The fourth-order valence-corrected chi connectivity index (χ4v) is 3.24. The van der Waals surface area contributed by atoms with Crippen molar-refractivity contribution in [2.75, 3.05) is 46.9 Å². The van der Waals surface area contributed by atoms with E-state index >= 15 is 0 Å². The van der Waals surface area contributed by atoms with Crippen molar-refractivity contribution in [2.45, 2.75) is 13.0 Å². The van der Waals surface area contributed by atoms with Gasteiger partial charge in [-0.2, -0.15) is 0 Å². The molecule has 2 heterocycles.